The fourth-order valence-corrected chi connectivity index (χ4v) is 5.35. The van der Waals surface area contributed by atoms with Gasteiger partial charge in [0.05, 0.1) is 28.3 Å². The van der Waals surface area contributed by atoms with Gasteiger partial charge >= 0.3 is 6.09 Å². The van der Waals surface area contributed by atoms with Crippen LogP contribution in [-0.2, 0) is 4.74 Å². The van der Waals surface area contributed by atoms with Gasteiger partial charge in [-0.25, -0.2) is 28.7 Å². The van der Waals surface area contributed by atoms with Gasteiger partial charge in [0.15, 0.2) is 11.4 Å². The summed E-state index contributed by atoms with van der Waals surface area (Å²) >= 11 is 0. The number of pyridine rings is 1. The van der Waals surface area contributed by atoms with E-state index in [1.807, 2.05) is 32.9 Å². The maximum absolute atomic E-state index is 15.3. The van der Waals surface area contributed by atoms with Crippen molar-refractivity contribution in [3.8, 4) is 17.2 Å². The summed E-state index contributed by atoms with van der Waals surface area (Å²) in [5, 5.41) is 7.83. The number of anilines is 3. The van der Waals surface area contributed by atoms with Gasteiger partial charge in [-0.3, -0.25) is 0 Å². The van der Waals surface area contributed by atoms with Crippen molar-refractivity contribution in [1.82, 2.24) is 29.5 Å². The lowest BCUT2D eigenvalue weighted by Gasteiger charge is -2.45. The Labute approximate surface area is 246 Å². The van der Waals surface area contributed by atoms with E-state index < -0.39 is 11.4 Å². The predicted octanol–water partition coefficient (Wildman–Crippen LogP) is 5.17. The molecule has 0 radical (unpaired) electrons. The van der Waals surface area contributed by atoms with Gasteiger partial charge in [-0.05, 0) is 51.1 Å². The summed E-state index contributed by atoms with van der Waals surface area (Å²) in [7, 11) is 0. The van der Waals surface area contributed by atoms with Crippen molar-refractivity contribution in [2.45, 2.75) is 32.4 Å². The number of benzene rings is 2. The molecule has 0 unspecified atom stereocenters. The Morgan fingerprint density at radius 2 is 1.91 bits per heavy atom. The zero-order valence-corrected chi connectivity index (χ0v) is 23.8. The van der Waals surface area contributed by atoms with Gasteiger partial charge in [-0.2, -0.15) is 5.10 Å². The molecule has 2 aliphatic rings. The number of nitrogens with zero attached hydrogens (tertiary/aromatic N) is 7. The number of ether oxygens (including phenoxy) is 3. The molecule has 2 aliphatic heterocycles. The van der Waals surface area contributed by atoms with Crippen LogP contribution in [0, 0.1) is 5.82 Å². The van der Waals surface area contributed by atoms with E-state index in [1.165, 1.54) is 18.7 Å². The first-order valence-electron chi connectivity index (χ1n) is 13.9. The lowest BCUT2D eigenvalue weighted by Crippen LogP contribution is -2.59. The van der Waals surface area contributed by atoms with Crippen molar-refractivity contribution in [2.24, 2.45) is 0 Å². The molecule has 2 aromatic carbocycles. The number of carbonyl (C=O) groups excluding carboxylic acids is 1. The monoisotopic (exact) mass is 584 g/mol. The Bertz CT molecular complexity index is 1860. The van der Waals surface area contributed by atoms with Gasteiger partial charge in [0.2, 0.25) is 0 Å². The van der Waals surface area contributed by atoms with Crippen LogP contribution in [0.3, 0.4) is 0 Å². The Hall–Kier alpha value is -5.20. The highest BCUT2D eigenvalue weighted by Gasteiger charge is 2.37. The molecule has 1 fully saturated rings. The number of aromatic nitrogens is 5. The third-order valence-corrected chi connectivity index (χ3v) is 7.28. The molecule has 7 rings (SSSR count). The standard InChI is InChI=1S/C30H29FN8O4/c1-30(2,3)43-29(40)37-10-11-38-18(14-37)15-41-27-24(38)7-6-23-26(27)28(34-16-32-23)36-22-5-4-19(12-21(22)31)42-20-8-9-39-25(13-20)33-17-35-39/h4-9,12-13,16-18H,10-11,14-15H2,1-3H3,(H,32,34,36)/t18-/m0/s1. The molecule has 0 spiro atoms. The SMILES string of the molecule is CC(C)(C)OC(=O)N1CCN2c3ccc4ncnc(Nc5ccc(Oc6ccn7ncnc7c6)cc5F)c4c3OC[C@@H]2C1. The Balaban J connectivity index is 1.13. The number of hydrogen-bond acceptors (Lipinski definition) is 10. The molecule has 1 saturated heterocycles. The second-order valence-electron chi connectivity index (χ2n) is 11.4. The van der Waals surface area contributed by atoms with Crippen molar-refractivity contribution in [2.75, 3.05) is 36.5 Å². The molecule has 0 aliphatic carbocycles. The average molecular weight is 585 g/mol. The summed E-state index contributed by atoms with van der Waals surface area (Å²) in [5.74, 6) is 1.36. The number of rotatable bonds is 4. The van der Waals surface area contributed by atoms with Gasteiger partial charge in [0.1, 0.15) is 48.0 Å². The molecule has 43 heavy (non-hydrogen) atoms. The van der Waals surface area contributed by atoms with Crippen LogP contribution < -0.4 is 19.7 Å². The molecule has 5 aromatic rings. The molecule has 1 atom stereocenters. The zero-order chi connectivity index (χ0) is 29.7. The number of carbonyl (C=O) groups is 1. The Kier molecular flexibility index (Phi) is 6.37. The third-order valence-electron chi connectivity index (χ3n) is 7.28. The first-order valence-corrected chi connectivity index (χ1v) is 13.9. The molecular formula is C30H29FN8O4. The highest BCUT2D eigenvalue weighted by atomic mass is 19.1. The zero-order valence-electron chi connectivity index (χ0n) is 23.8. The molecule has 0 bridgehead atoms. The number of fused-ring (bicyclic) bond motifs is 6. The topological polar surface area (TPSA) is 119 Å². The molecule has 3 aromatic heterocycles. The summed E-state index contributed by atoms with van der Waals surface area (Å²) in [6, 6.07) is 11.8. The second-order valence-corrected chi connectivity index (χ2v) is 11.4. The van der Waals surface area contributed by atoms with Gasteiger partial charge in [0.25, 0.3) is 0 Å². The fourth-order valence-electron chi connectivity index (χ4n) is 5.35. The van der Waals surface area contributed by atoms with Crippen LogP contribution >= 0.6 is 0 Å². The summed E-state index contributed by atoms with van der Waals surface area (Å²) in [6.45, 7) is 7.55. The number of amides is 1. The molecular weight excluding hydrogens is 555 g/mol. The predicted molar refractivity (Wildman–Crippen MR) is 157 cm³/mol. The summed E-state index contributed by atoms with van der Waals surface area (Å²) in [5.41, 5.74) is 1.81. The fraction of sp³-hybridized carbons (Fsp3) is 0.300. The molecule has 12 nitrogen and oxygen atoms in total. The summed E-state index contributed by atoms with van der Waals surface area (Å²) in [6.07, 6.45) is 4.27. The van der Waals surface area contributed by atoms with Crippen molar-refractivity contribution < 1.29 is 23.4 Å². The minimum Gasteiger partial charge on any atom is -0.488 e. The minimum atomic E-state index is -0.563. The van der Waals surface area contributed by atoms with Crippen LogP contribution in [0.2, 0.25) is 0 Å². The van der Waals surface area contributed by atoms with Crippen molar-refractivity contribution in [1.29, 1.82) is 0 Å². The van der Waals surface area contributed by atoms with Gasteiger partial charge in [0, 0.05) is 38.0 Å². The van der Waals surface area contributed by atoms with Crippen LogP contribution in [0.4, 0.5) is 26.4 Å². The van der Waals surface area contributed by atoms with Crippen LogP contribution in [0.5, 0.6) is 17.2 Å². The summed E-state index contributed by atoms with van der Waals surface area (Å²) in [4.78, 5) is 29.6. The number of hydrogen-bond donors (Lipinski definition) is 1. The maximum Gasteiger partial charge on any atom is 0.410 e. The van der Waals surface area contributed by atoms with Crippen molar-refractivity contribution in [3.05, 3.63) is 67.1 Å². The quantitative estimate of drug-likeness (QED) is 0.303. The average Bonchev–Trinajstić information content (AvgIpc) is 3.45. The van der Waals surface area contributed by atoms with Crippen molar-refractivity contribution >= 4 is 39.8 Å². The van der Waals surface area contributed by atoms with Crippen LogP contribution in [0.25, 0.3) is 16.6 Å². The number of nitrogens with one attached hydrogen (secondary N) is 1. The second kappa shape index (κ2) is 10.3. The minimum absolute atomic E-state index is 0.0392. The van der Waals surface area contributed by atoms with E-state index in [2.05, 4.69) is 30.3 Å². The smallest absolute Gasteiger partial charge is 0.410 e. The largest absolute Gasteiger partial charge is 0.488 e. The van der Waals surface area contributed by atoms with Gasteiger partial charge in [-0.1, -0.05) is 0 Å². The van der Waals surface area contributed by atoms with E-state index >= 15 is 4.39 Å². The summed E-state index contributed by atoms with van der Waals surface area (Å²) < 4.78 is 34.6. The first kappa shape index (κ1) is 26.7. The van der Waals surface area contributed by atoms with E-state index in [0.29, 0.717) is 65.9 Å². The molecule has 1 N–H and O–H groups in total. The highest BCUT2D eigenvalue weighted by Crippen LogP contribution is 2.43. The van der Waals surface area contributed by atoms with Crippen LogP contribution in [0.15, 0.2) is 61.3 Å². The molecule has 220 valence electrons. The van der Waals surface area contributed by atoms with E-state index in [1.54, 1.807) is 39.9 Å². The van der Waals surface area contributed by atoms with E-state index in [0.717, 1.165) is 5.69 Å². The number of halogens is 1. The molecule has 1 amide bonds. The van der Waals surface area contributed by atoms with Crippen LogP contribution in [-0.4, -0.2) is 73.4 Å². The molecule has 0 saturated carbocycles. The lowest BCUT2D eigenvalue weighted by atomic mass is 10.1. The van der Waals surface area contributed by atoms with Gasteiger partial charge in [-0.15, -0.1) is 0 Å². The highest BCUT2D eigenvalue weighted by molar-refractivity contribution is 6.00. The maximum atomic E-state index is 15.3. The lowest BCUT2D eigenvalue weighted by molar-refractivity contribution is 0.0195. The number of piperazine rings is 1. The Morgan fingerprint density at radius 3 is 2.74 bits per heavy atom. The van der Waals surface area contributed by atoms with E-state index in [9.17, 15) is 4.79 Å². The Morgan fingerprint density at radius 1 is 1.05 bits per heavy atom. The van der Waals surface area contributed by atoms with Crippen molar-refractivity contribution in [3.63, 3.8) is 0 Å². The normalized spacial score (nSPS) is 16.4. The van der Waals surface area contributed by atoms with E-state index in [4.69, 9.17) is 14.2 Å². The van der Waals surface area contributed by atoms with E-state index in [-0.39, 0.29) is 17.8 Å². The molecule has 5 heterocycles. The van der Waals surface area contributed by atoms with Crippen LogP contribution in [0.1, 0.15) is 20.8 Å². The third kappa shape index (κ3) is 5.17. The van der Waals surface area contributed by atoms with Gasteiger partial charge < -0.3 is 29.3 Å². The molecule has 13 heteroatoms. The first-order chi connectivity index (χ1) is 20.7.